The number of anilines is 4. The number of likely N-dealkylation sites (N-methyl/N-ethyl adjacent to an activating group) is 2. The van der Waals surface area contributed by atoms with Crippen LogP contribution in [-0.4, -0.2) is 86.2 Å². The van der Waals surface area contributed by atoms with E-state index in [1.165, 1.54) is 0 Å². The highest BCUT2D eigenvalue weighted by molar-refractivity contribution is 7.25. The topological polar surface area (TPSA) is 132 Å². The number of halogens is 1. The number of benzene rings is 7. The molecule has 11 aromatic rings. The summed E-state index contributed by atoms with van der Waals surface area (Å²) in [6, 6.07) is 37.9. The normalized spacial score (nSPS) is 11.9. The molecular formula is C60H55ClN8O3S3. The molecule has 0 unspecified atom stereocenters. The van der Waals surface area contributed by atoms with Crippen LogP contribution in [0.1, 0.15) is 16.7 Å². The van der Waals surface area contributed by atoms with Crippen LogP contribution in [0.2, 0.25) is 5.02 Å². The Kier molecular flexibility index (Phi) is 14.2. The second kappa shape index (κ2) is 21.3. The summed E-state index contributed by atoms with van der Waals surface area (Å²) < 4.78 is 5.80. The smallest absolute Gasteiger partial charge is 0.197 e. The minimum absolute atomic E-state index is 0.0127. The van der Waals surface area contributed by atoms with Gasteiger partial charge in [0.15, 0.2) is 16.3 Å². The van der Waals surface area contributed by atoms with Crippen molar-refractivity contribution in [3.8, 4) is 11.1 Å². The molecule has 0 radical (unpaired) electrons. The highest BCUT2D eigenvalue weighted by Gasteiger charge is 2.18. The monoisotopic (exact) mass is 1070 g/mol. The van der Waals surface area contributed by atoms with Gasteiger partial charge in [0, 0.05) is 124 Å². The summed E-state index contributed by atoms with van der Waals surface area (Å²) in [5.74, 6) is 0.776. The Labute approximate surface area is 450 Å². The van der Waals surface area contributed by atoms with Crippen molar-refractivity contribution in [3.05, 3.63) is 174 Å². The zero-order valence-electron chi connectivity index (χ0n) is 42.3. The summed E-state index contributed by atoms with van der Waals surface area (Å²) >= 11 is 11.1. The maximum absolute atomic E-state index is 14.7. The van der Waals surface area contributed by atoms with E-state index < -0.39 is 0 Å². The van der Waals surface area contributed by atoms with Gasteiger partial charge in [-0.3, -0.25) is 14.4 Å². The third-order valence-electron chi connectivity index (χ3n) is 14.1. The average molecular weight is 1070 g/mol. The summed E-state index contributed by atoms with van der Waals surface area (Å²) in [6.07, 6.45) is 1.55. The van der Waals surface area contributed by atoms with Crippen LogP contribution in [-0.2, 0) is 0 Å². The first-order valence-electron chi connectivity index (χ1n) is 25.1. The van der Waals surface area contributed by atoms with Gasteiger partial charge in [-0.25, -0.2) is 9.97 Å². The van der Waals surface area contributed by atoms with Gasteiger partial charge in [-0.2, -0.15) is 0 Å². The molecule has 0 fully saturated rings. The fourth-order valence-electron chi connectivity index (χ4n) is 9.91. The van der Waals surface area contributed by atoms with Gasteiger partial charge >= 0.3 is 0 Å². The second-order valence-corrected chi connectivity index (χ2v) is 22.9. The fraction of sp³-hybridized carbons (Fsp3) is 0.217. The van der Waals surface area contributed by atoms with Crippen molar-refractivity contribution in [2.45, 2.75) is 20.8 Å². The Morgan fingerprint density at radius 1 is 0.467 bits per heavy atom. The van der Waals surface area contributed by atoms with Crippen molar-refractivity contribution in [1.82, 2.24) is 19.8 Å². The van der Waals surface area contributed by atoms with Gasteiger partial charge < -0.3 is 31.1 Å². The highest BCUT2D eigenvalue weighted by atomic mass is 35.5. The van der Waals surface area contributed by atoms with E-state index in [1.807, 2.05) is 84.9 Å². The Balaban J connectivity index is 0.776. The lowest BCUT2D eigenvalue weighted by atomic mass is 10.0. The third-order valence-corrected chi connectivity index (χ3v) is 18.3. The largest absolute Gasteiger partial charge is 0.383 e. The predicted octanol–water partition coefficient (Wildman–Crippen LogP) is 13.0. The van der Waals surface area contributed by atoms with Gasteiger partial charge in [-0.15, -0.1) is 34.0 Å². The van der Waals surface area contributed by atoms with Crippen molar-refractivity contribution in [3.63, 3.8) is 0 Å². The summed E-state index contributed by atoms with van der Waals surface area (Å²) in [6.45, 7) is 11.9. The number of nitrogens with one attached hydrogen (secondary N) is 4. The molecule has 4 N–H and O–H groups in total. The molecule has 7 aromatic carbocycles. The minimum Gasteiger partial charge on any atom is -0.383 e. The van der Waals surface area contributed by atoms with Gasteiger partial charge in [0.05, 0.1) is 21.7 Å². The van der Waals surface area contributed by atoms with E-state index in [4.69, 9.17) is 11.6 Å². The van der Waals surface area contributed by atoms with Gasteiger partial charge in [-0.1, -0.05) is 54.1 Å². The zero-order chi connectivity index (χ0) is 51.9. The Morgan fingerprint density at radius 2 is 0.907 bits per heavy atom. The average Bonchev–Trinajstić information content (AvgIpc) is 3.41. The molecule has 4 aromatic heterocycles. The van der Waals surface area contributed by atoms with E-state index in [1.54, 1.807) is 40.3 Å². The molecule has 11 rings (SSSR count). The molecule has 15 heteroatoms. The van der Waals surface area contributed by atoms with Crippen LogP contribution in [0.25, 0.3) is 82.5 Å². The van der Waals surface area contributed by atoms with E-state index in [0.29, 0.717) is 52.7 Å². The highest BCUT2D eigenvalue weighted by Crippen LogP contribution is 2.37. The molecule has 378 valence electrons. The van der Waals surface area contributed by atoms with Crippen molar-refractivity contribution in [2.75, 3.05) is 87.7 Å². The number of fused-ring (bicyclic) bond motifs is 7. The number of hydrogen-bond donors (Lipinski definition) is 4. The van der Waals surface area contributed by atoms with E-state index in [9.17, 15) is 14.4 Å². The Hall–Kier alpha value is -7.04. The van der Waals surface area contributed by atoms with Gasteiger partial charge in [0.2, 0.25) is 0 Å². The lowest BCUT2D eigenvalue weighted by molar-refractivity contribution is 0.361. The zero-order valence-corrected chi connectivity index (χ0v) is 45.5. The number of nitrogens with zero attached hydrogens (tertiary/aromatic N) is 4. The number of rotatable bonds is 17. The number of aromatic nitrogens is 2. The van der Waals surface area contributed by atoms with E-state index in [2.05, 4.69) is 106 Å². The molecule has 0 spiro atoms. The first-order chi connectivity index (χ1) is 36.4. The summed E-state index contributed by atoms with van der Waals surface area (Å²) in [7, 11) is 4.17. The summed E-state index contributed by atoms with van der Waals surface area (Å²) in [5, 5.41) is 19.9. The Bertz CT molecular complexity index is 4240. The van der Waals surface area contributed by atoms with Crippen LogP contribution in [0.3, 0.4) is 0 Å². The van der Waals surface area contributed by atoms with E-state index >= 15 is 0 Å². The van der Waals surface area contributed by atoms with Crippen LogP contribution in [0.5, 0.6) is 0 Å². The lowest BCUT2D eigenvalue weighted by Crippen LogP contribution is -2.30. The van der Waals surface area contributed by atoms with Crippen LogP contribution < -0.4 is 37.6 Å². The molecule has 0 aliphatic heterocycles. The van der Waals surface area contributed by atoms with Gasteiger partial charge in [0.1, 0.15) is 12.1 Å². The molecule has 0 saturated heterocycles. The molecule has 0 amide bonds. The summed E-state index contributed by atoms with van der Waals surface area (Å²) in [4.78, 5) is 56.2. The van der Waals surface area contributed by atoms with E-state index in [-0.39, 0.29) is 16.3 Å². The molecule has 4 heterocycles. The first kappa shape index (κ1) is 50.1. The number of aryl methyl sites for hydroxylation is 3. The van der Waals surface area contributed by atoms with Crippen LogP contribution >= 0.6 is 45.6 Å². The lowest BCUT2D eigenvalue weighted by Gasteiger charge is -2.19. The van der Waals surface area contributed by atoms with Crippen LogP contribution in [0, 0.1) is 20.8 Å². The molecule has 0 bridgehead atoms. The van der Waals surface area contributed by atoms with Gasteiger partial charge in [-0.05, 0) is 135 Å². The first-order valence-corrected chi connectivity index (χ1v) is 27.9. The quantitative estimate of drug-likeness (QED) is 0.0650. The molecule has 0 aliphatic carbocycles. The molecule has 0 aliphatic rings. The van der Waals surface area contributed by atoms with Crippen LogP contribution in [0.4, 0.5) is 22.9 Å². The molecule has 0 saturated carbocycles. The molecule has 11 nitrogen and oxygen atoms in total. The SMILES string of the molecule is Cc1ccc(NCCN(C)CCNc2ncnc3cc(Cl)ccc23)c2c(=O)c3cc(-c4ccc5sc6c(C)ccc(NCCN(C)CCNc7ccc(C)c8sc9ccccc9c(=O)c78)c6c(=O)c5c4)ccc3sc12. The standard InChI is InChI=1S/C60H55ClN8O3S3/c1-34-10-17-44(51-54(70)41-8-6-7-9-48(41)73-57(34)51)62-22-26-68(4)27-23-63-45-18-11-35(2)58-52(45)55(71)42-30-37(13-20-49(42)74-58)38-14-21-50-43(31-38)56(72)53-46(19-12-36(3)59(53)75-50)64-24-28-69(5)29-25-65-60-40-16-15-39(61)32-47(40)66-33-67-60/h6-21,30-33,62-64H,22-29H2,1-5H3,(H,65,66,67). The Morgan fingerprint density at radius 3 is 1.40 bits per heavy atom. The molecule has 0 atom stereocenters. The van der Waals surface area contributed by atoms with Crippen molar-refractivity contribution < 1.29 is 0 Å². The number of hydrogen-bond acceptors (Lipinski definition) is 14. The van der Waals surface area contributed by atoms with Crippen molar-refractivity contribution >= 4 is 140 Å². The van der Waals surface area contributed by atoms with Crippen LogP contribution in [0.15, 0.2) is 136 Å². The third kappa shape index (κ3) is 10.0. The molecule has 75 heavy (non-hydrogen) atoms. The summed E-state index contributed by atoms with van der Waals surface area (Å²) in [5.41, 5.74) is 8.31. The van der Waals surface area contributed by atoms with Crippen molar-refractivity contribution in [1.29, 1.82) is 0 Å². The second-order valence-electron chi connectivity index (χ2n) is 19.3. The maximum Gasteiger partial charge on any atom is 0.197 e. The molecular weight excluding hydrogens is 1010 g/mol. The van der Waals surface area contributed by atoms with Crippen molar-refractivity contribution in [2.24, 2.45) is 0 Å². The fourth-order valence-corrected chi connectivity index (χ4v) is 13.5. The predicted molar refractivity (Wildman–Crippen MR) is 324 cm³/mol. The van der Waals surface area contributed by atoms with Gasteiger partial charge in [0.25, 0.3) is 0 Å². The maximum atomic E-state index is 14.7. The minimum atomic E-state index is -0.0159. The van der Waals surface area contributed by atoms with E-state index in [0.717, 1.165) is 127 Å².